The molecular weight excluding hydrogens is 1350 g/mol. The average molecular weight is 1450 g/mol. The van der Waals surface area contributed by atoms with Crippen LogP contribution in [0.15, 0.2) is 72.8 Å². The highest BCUT2D eigenvalue weighted by Crippen LogP contribution is 2.45. The van der Waals surface area contributed by atoms with Crippen LogP contribution in [0.4, 0.5) is 21.0 Å². The number of alkyl carbamates (subject to hydrolysis) is 1. The van der Waals surface area contributed by atoms with E-state index in [-0.39, 0.29) is 179 Å². The summed E-state index contributed by atoms with van der Waals surface area (Å²) in [5, 5.41) is 44.6. The van der Waals surface area contributed by atoms with Crippen molar-refractivity contribution >= 4 is 58.9 Å². The van der Waals surface area contributed by atoms with Crippen molar-refractivity contribution in [2.45, 2.75) is 107 Å². The van der Waals surface area contributed by atoms with E-state index in [0.717, 1.165) is 47.3 Å². The van der Waals surface area contributed by atoms with E-state index in [9.17, 15) is 49.0 Å². The van der Waals surface area contributed by atoms with Crippen LogP contribution in [0.5, 0.6) is 23.0 Å². The summed E-state index contributed by atoms with van der Waals surface area (Å²) in [6, 6.07) is 20.0. The number of thioether (sulfide) groups is 1. The Morgan fingerprint density at radius 2 is 0.951 bits per heavy atom. The standard InChI is InChI=1S/C70H97N9O22S/c1-47(53-41-59(90-3)61(43-57(53)78(86)87)99-25-11-19-65(81)72-23-29-94-33-37-97-36-32-93-28-22-71-64(80)18-10-9-17-63-68-56(46-102-63)76-69(84)77-68)74-67(83)21-27-92-31-35-96-39-40-98-38-34-95-30-24-73-66(82)20-12-26-100-62-44-58(79(88)89)54(42-60(62)91-4)48(2)75-70(85)101-45-55-51-15-7-5-13-49(51)50-14-6-8-16-52(50)55/h5-8,13-16,41-44,47-48,55-56,63,68H,9-12,17-40,45-46H2,1-4H3,(H,71,80)(H,72,81)(H,73,82)(H,74,83)(H,75,85)(H2,76,77,84)/t47?,48?,56-,63-,68-/m0/s1. The van der Waals surface area contributed by atoms with Gasteiger partial charge in [0.25, 0.3) is 11.4 Å². The van der Waals surface area contributed by atoms with E-state index in [1.807, 2.05) is 60.3 Å². The number of urea groups is 1. The smallest absolute Gasteiger partial charge is 0.407 e. The summed E-state index contributed by atoms with van der Waals surface area (Å²) in [7, 11) is 2.79. The Kier molecular flexibility index (Phi) is 35.3. The molecule has 0 aromatic heterocycles. The van der Waals surface area contributed by atoms with Gasteiger partial charge in [0.1, 0.15) is 6.61 Å². The fourth-order valence-electron chi connectivity index (χ4n) is 11.6. The lowest BCUT2D eigenvalue weighted by Crippen LogP contribution is -2.36. The molecule has 7 amide bonds. The lowest BCUT2D eigenvalue weighted by Gasteiger charge is -2.19. The minimum Gasteiger partial charge on any atom is -0.493 e. The number of rotatable bonds is 52. The molecular formula is C70H97N9O22S. The van der Waals surface area contributed by atoms with Gasteiger partial charge in [-0.05, 0) is 73.9 Å². The molecule has 7 N–H and O–H groups in total. The quantitative estimate of drug-likeness (QED) is 0.0102. The Hall–Kier alpha value is -8.63. The molecule has 102 heavy (non-hydrogen) atoms. The van der Waals surface area contributed by atoms with Gasteiger partial charge in [-0.1, -0.05) is 55.0 Å². The first-order valence-corrected chi connectivity index (χ1v) is 35.5. The Labute approximate surface area is 597 Å². The maximum Gasteiger partial charge on any atom is 0.407 e. The number of carbonyl (C=O) groups excluding carboxylic acids is 6. The fourth-order valence-corrected chi connectivity index (χ4v) is 13.1. The largest absolute Gasteiger partial charge is 0.493 e. The molecule has 1 aliphatic carbocycles. The first-order chi connectivity index (χ1) is 49.5. The molecule has 31 nitrogen and oxygen atoms in total. The number of hydrogen-bond acceptors (Lipinski definition) is 23. The second-order valence-corrected chi connectivity index (χ2v) is 25.2. The molecule has 0 saturated carbocycles. The van der Waals surface area contributed by atoms with Gasteiger partial charge >= 0.3 is 12.1 Å². The predicted molar refractivity (Wildman–Crippen MR) is 375 cm³/mol. The Balaban J connectivity index is 0.628. The van der Waals surface area contributed by atoms with Crippen molar-refractivity contribution in [2.24, 2.45) is 0 Å². The second kappa shape index (κ2) is 44.7. The molecule has 2 aliphatic heterocycles. The summed E-state index contributed by atoms with van der Waals surface area (Å²) in [4.78, 5) is 97.7. The predicted octanol–water partition coefficient (Wildman–Crippen LogP) is 6.90. The van der Waals surface area contributed by atoms with Crippen molar-refractivity contribution in [3.63, 3.8) is 0 Å². The summed E-state index contributed by atoms with van der Waals surface area (Å²) in [5.41, 5.74) is 4.10. The number of unbranched alkanes of at least 4 members (excludes halogenated alkanes) is 1. The van der Waals surface area contributed by atoms with E-state index >= 15 is 0 Å². The van der Waals surface area contributed by atoms with Gasteiger partial charge in [0.05, 0.1) is 177 Å². The van der Waals surface area contributed by atoms with Crippen LogP contribution in [0.25, 0.3) is 11.1 Å². The highest BCUT2D eigenvalue weighted by Gasteiger charge is 2.42. The Bertz CT molecular complexity index is 3310. The summed E-state index contributed by atoms with van der Waals surface area (Å²) in [6.07, 6.45) is 3.28. The van der Waals surface area contributed by atoms with Crippen molar-refractivity contribution in [1.29, 1.82) is 0 Å². The summed E-state index contributed by atoms with van der Waals surface area (Å²) < 4.78 is 67.0. The highest BCUT2D eigenvalue weighted by atomic mass is 32.2. The first-order valence-electron chi connectivity index (χ1n) is 34.5. The highest BCUT2D eigenvalue weighted by molar-refractivity contribution is 8.00. The molecule has 0 radical (unpaired) electrons. The molecule has 7 rings (SSSR count). The molecule has 32 heteroatoms. The third-order valence-corrected chi connectivity index (χ3v) is 18.2. The number of nitro benzene ring substituents is 2. The molecule has 0 spiro atoms. The number of hydrogen-bond donors (Lipinski definition) is 7. The third kappa shape index (κ3) is 27.0. The number of nitrogens with zero attached hydrogens (tertiary/aromatic N) is 2. The third-order valence-electron chi connectivity index (χ3n) is 16.7. The number of fused-ring (bicyclic) bond motifs is 4. The summed E-state index contributed by atoms with van der Waals surface area (Å²) in [5.74, 6) is 0.561. The van der Waals surface area contributed by atoms with Crippen molar-refractivity contribution in [2.75, 3.05) is 152 Å². The summed E-state index contributed by atoms with van der Waals surface area (Å²) in [6.45, 7) is 8.43. The van der Waals surface area contributed by atoms with Crippen molar-refractivity contribution in [3.05, 3.63) is 115 Å². The van der Waals surface area contributed by atoms with Crippen LogP contribution in [0.2, 0.25) is 0 Å². The minimum absolute atomic E-state index is 0.00818. The van der Waals surface area contributed by atoms with Crippen LogP contribution in [0, 0.1) is 20.2 Å². The molecule has 2 fully saturated rings. The molecule has 2 unspecified atom stereocenters. The normalized spacial score (nSPS) is 15.5. The van der Waals surface area contributed by atoms with E-state index in [0.29, 0.717) is 83.9 Å². The van der Waals surface area contributed by atoms with Crippen LogP contribution in [0.3, 0.4) is 0 Å². The number of amides is 7. The fraction of sp³-hybridized carbons (Fsp3) is 0.571. The number of nitro groups is 2. The van der Waals surface area contributed by atoms with Crippen molar-refractivity contribution in [3.8, 4) is 34.1 Å². The van der Waals surface area contributed by atoms with Crippen molar-refractivity contribution < 1.29 is 95.5 Å². The monoisotopic (exact) mass is 1450 g/mol. The lowest BCUT2D eigenvalue weighted by molar-refractivity contribution is -0.386. The van der Waals surface area contributed by atoms with Crippen molar-refractivity contribution in [1.82, 2.24) is 37.2 Å². The van der Waals surface area contributed by atoms with Gasteiger partial charge in [0.2, 0.25) is 23.6 Å². The maximum atomic E-state index is 13.0. The van der Waals surface area contributed by atoms with E-state index < -0.39 is 33.9 Å². The number of benzene rings is 4. The Morgan fingerprint density at radius 3 is 1.41 bits per heavy atom. The molecule has 3 aliphatic rings. The minimum atomic E-state index is -0.827. The van der Waals surface area contributed by atoms with Crippen LogP contribution >= 0.6 is 11.8 Å². The zero-order valence-electron chi connectivity index (χ0n) is 58.4. The maximum absolute atomic E-state index is 13.0. The van der Waals surface area contributed by atoms with E-state index in [1.54, 1.807) is 13.8 Å². The number of nitrogens with one attached hydrogen (secondary N) is 7. The average Bonchev–Trinajstić information content (AvgIpc) is 1.56. The molecule has 5 atom stereocenters. The van der Waals surface area contributed by atoms with Gasteiger partial charge in [-0.15, -0.1) is 0 Å². The molecule has 0 bridgehead atoms. The number of ether oxygens (including phenoxy) is 12. The zero-order valence-corrected chi connectivity index (χ0v) is 59.2. The van der Waals surface area contributed by atoms with Gasteiger partial charge < -0.3 is 94.1 Å². The van der Waals surface area contributed by atoms with Crippen LogP contribution in [-0.2, 0) is 57.1 Å². The Morgan fingerprint density at radius 1 is 0.520 bits per heavy atom. The van der Waals surface area contributed by atoms with E-state index in [1.165, 1.54) is 38.5 Å². The molecule has 2 saturated heterocycles. The van der Waals surface area contributed by atoms with Crippen LogP contribution in [0.1, 0.15) is 112 Å². The van der Waals surface area contributed by atoms with Gasteiger partial charge in [0, 0.05) is 62.2 Å². The first kappa shape index (κ1) is 80.7. The molecule has 4 aromatic carbocycles. The molecule has 4 aromatic rings. The van der Waals surface area contributed by atoms with Gasteiger partial charge in [-0.2, -0.15) is 11.8 Å². The topological polar surface area (TPSA) is 384 Å². The van der Waals surface area contributed by atoms with Gasteiger partial charge in [0.15, 0.2) is 23.0 Å². The van der Waals surface area contributed by atoms with Gasteiger partial charge in [-0.3, -0.25) is 39.4 Å². The SMILES string of the molecule is COc1cc(C(C)NC(=O)CCOCCOCCOCCOCCNC(=O)CCCOc2cc([N+](=O)[O-])c(C(C)NC(=O)OCC3c4ccccc4-c4ccccc43)cc2OC)c([N+](=O)[O-])cc1OCCCC(=O)NCCOCCOCCOCCNC(=O)CCCC[C@@H]1SC[C@@H]2NC(=O)N[C@@H]21. The van der Waals surface area contributed by atoms with E-state index in [4.69, 9.17) is 56.8 Å². The second-order valence-electron chi connectivity index (χ2n) is 24.0. The van der Waals surface area contributed by atoms with E-state index in [2.05, 4.69) is 37.2 Å². The summed E-state index contributed by atoms with van der Waals surface area (Å²) >= 11 is 1.87. The molecule has 2 heterocycles. The van der Waals surface area contributed by atoms with Crippen LogP contribution in [-0.4, -0.2) is 215 Å². The number of methoxy groups -OCH3 is 2. The lowest BCUT2D eigenvalue weighted by atomic mass is 9.98. The van der Waals surface area contributed by atoms with Crippen LogP contribution < -0.4 is 56.2 Å². The number of carbonyl (C=O) groups is 6. The molecule has 560 valence electrons. The van der Waals surface area contributed by atoms with Gasteiger partial charge in [-0.25, -0.2) is 9.59 Å². The zero-order chi connectivity index (χ0) is 72.9.